The summed E-state index contributed by atoms with van der Waals surface area (Å²) >= 11 is 7.81. The second-order valence-corrected chi connectivity index (χ2v) is 6.50. The van der Waals surface area contributed by atoms with E-state index < -0.39 is 0 Å². The molecule has 2 unspecified atom stereocenters. The largest absolute Gasteiger partial charge is 0.307 e. The van der Waals surface area contributed by atoms with Crippen LogP contribution in [0.3, 0.4) is 0 Å². The van der Waals surface area contributed by atoms with Gasteiger partial charge in [-0.1, -0.05) is 31.4 Å². The van der Waals surface area contributed by atoms with Gasteiger partial charge in [-0.15, -0.1) is 11.3 Å². The van der Waals surface area contributed by atoms with E-state index in [4.69, 9.17) is 11.6 Å². The summed E-state index contributed by atoms with van der Waals surface area (Å²) in [6.07, 6.45) is 6.32. The molecular weight excluding hydrogens is 238 g/mol. The lowest BCUT2D eigenvalue weighted by Crippen LogP contribution is -2.29. The van der Waals surface area contributed by atoms with Gasteiger partial charge in [-0.25, -0.2) is 0 Å². The van der Waals surface area contributed by atoms with Crippen LogP contribution in [0.4, 0.5) is 0 Å². The van der Waals surface area contributed by atoms with Crippen molar-refractivity contribution in [1.29, 1.82) is 0 Å². The van der Waals surface area contributed by atoms with E-state index in [0.29, 0.717) is 12.1 Å². The van der Waals surface area contributed by atoms with Gasteiger partial charge in [-0.3, -0.25) is 0 Å². The van der Waals surface area contributed by atoms with Crippen LogP contribution in [0.15, 0.2) is 6.07 Å². The van der Waals surface area contributed by atoms with Crippen molar-refractivity contribution in [2.24, 2.45) is 0 Å². The Balaban J connectivity index is 1.92. The topological polar surface area (TPSA) is 12.0 Å². The summed E-state index contributed by atoms with van der Waals surface area (Å²) in [5, 5.41) is 3.73. The quantitative estimate of drug-likeness (QED) is 0.816. The summed E-state index contributed by atoms with van der Waals surface area (Å²) in [6, 6.07) is 3.32. The summed E-state index contributed by atoms with van der Waals surface area (Å²) < 4.78 is 0.942. The maximum absolute atomic E-state index is 6.05. The molecule has 16 heavy (non-hydrogen) atoms. The van der Waals surface area contributed by atoms with Gasteiger partial charge in [0, 0.05) is 17.0 Å². The Morgan fingerprint density at radius 3 is 3.19 bits per heavy atom. The van der Waals surface area contributed by atoms with Crippen LogP contribution in [0.25, 0.3) is 0 Å². The minimum Gasteiger partial charge on any atom is -0.307 e. The zero-order chi connectivity index (χ0) is 11.5. The Labute approximate surface area is 107 Å². The Kier molecular flexibility index (Phi) is 4.28. The number of thiophene rings is 1. The molecule has 2 atom stereocenters. The molecule has 0 radical (unpaired) electrons. The van der Waals surface area contributed by atoms with Gasteiger partial charge in [0.1, 0.15) is 0 Å². The molecule has 0 saturated heterocycles. The molecule has 1 aliphatic rings. The first kappa shape index (κ1) is 12.4. The van der Waals surface area contributed by atoms with Gasteiger partial charge in [-0.05, 0) is 37.8 Å². The van der Waals surface area contributed by atoms with Gasteiger partial charge in [0.15, 0.2) is 0 Å². The van der Waals surface area contributed by atoms with Crippen molar-refractivity contribution in [2.75, 3.05) is 0 Å². The highest BCUT2D eigenvalue weighted by molar-refractivity contribution is 7.16. The normalized spacial score (nSPS) is 21.1. The molecule has 2 rings (SSSR count). The molecule has 1 aliphatic carbocycles. The van der Waals surface area contributed by atoms with E-state index in [0.717, 1.165) is 4.34 Å². The third-order valence-corrected chi connectivity index (χ3v) is 4.66. The van der Waals surface area contributed by atoms with E-state index in [1.165, 1.54) is 42.5 Å². The average molecular weight is 258 g/mol. The molecule has 90 valence electrons. The molecule has 1 N–H and O–H groups in total. The van der Waals surface area contributed by atoms with Gasteiger partial charge >= 0.3 is 0 Å². The number of nitrogens with one attached hydrogen (secondary N) is 1. The highest BCUT2D eigenvalue weighted by Gasteiger charge is 2.25. The minimum absolute atomic E-state index is 0.547. The molecule has 0 saturated carbocycles. The number of aryl methyl sites for hydroxylation is 1. The zero-order valence-electron chi connectivity index (χ0n) is 10.1. The Morgan fingerprint density at radius 1 is 1.62 bits per heavy atom. The molecule has 1 aromatic rings. The molecule has 0 spiro atoms. The second-order valence-electron chi connectivity index (χ2n) is 4.73. The molecular formula is C13H20ClNS. The van der Waals surface area contributed by atoms with Gasteiger partial charge in [-0.2, -0.15) is 0 Å². The summed E-state index contributed by atoms with van der Waals surface area (Å²) in [4.78, 5) is 1.49. The number of fused-ring (bicyclic) bond motifs is 1. The molecule has 0 fully saturated rings. The molecule has 1 heterocycles. The van der Waals surface area contributed by atoms with Crippen molar-refractivity contribution in [2.45, 2.75) is 58.0 Å². The van der Waals surface area contributed by atoms with Gasteiger partial charge < -0.3 is 5.32 Å². The van der Waals surface area contributed by atoms with Crippen LogP contribution in [0.2, 0.25) is 4.34 Å². The van der Waals surface area contributed by atoms with E-state index in [1.807, 2.05) is 0 Å². The third kappa shape index (κ3) is 2.79. The van der Waals surface area contributed by atoms with Gasteiger partial charge in [0.05, 0.1) is 4.34 Å². The van der Waals surface area contributed by atoms with E-state index in [2.05, 4.69) is 25.2 Å². The predicted molar refractivity (Wildman–Crippen MR) is 72.5 cm³/mol. The molecule has 1 aromatic heterocycles. The minimum atomic E-state index is 0.547. The number of rotatable bonds is 5. The van der Waals surface area contributed by atoms with Crippen molar-refractivity contribution < 1.29 is 0 Å². The first-order valence-electron chi connectivity index (χ1n) is 6.25. The fraction of sp³-hybridized carbons (Fsp3) is 0.692. The van der Waals surface area contributed by atoms with Crippen molar-refractivity contribution >= 4 is 22.9 Å². The van der Waals surface area contributed by atoms with E-state index in [1.54, 1.807) is 11.3 Å². The van der Waals surface area contributed by atoms with Crippen molar-refractivity contribution in [3.8, 4) is 0 Å². The van der Waals surface area contributed by atoms with Crippen molar-refractivity contribution in [3.63, 3.8) is 0 Å². The predicted octanol–water partition coefficient (Wildman–Crippen LogP) is 4.56. The molecule has 0 aromatic carbocycles. The summed E-state index contributed by atoms with van der Waals surface area (Å²) in [6.45, 7) is 4.54. The lowest BCUT2D eigenvalue weighted by Gasteiger charge is -2.19. The summed E-state index contributed by atoms with van der Waals surface area (Å²) in [5.41, 5.74) is 1.46. The van der Waals surface area contributed by atoms with Gasteiger partial charge in [0.2, 0.25) is 0 Å². The van der Waals surface area contributed by atoms with Crippen LogP contribution < -0.4 is 5.32 Å². The lowest BCUT2D eigenvalue weighted by atomic mass is 10.1. The van der Waals surface area contributed by atoms with Crippen molar-refractivity contribution in [1.82, 2.24) is 5.32 Å². The number of unbranched alkanes of at least 4 members (excludes halogenated alkanes) is 1. The smallest absolute Gasteiger partial charge is 0.0934 e. The standard InChI is InChI=1S/C13H20ClNS/c1-3-4-5-9(2)15-11-6-7-12-10(11)8-13(14)16-12/h8-9,11,15H,3-7H2,1-2H3. The van der Waals surface area contributed by atoms with Crippen LogP contribution in [-0.2, 0) is 6.42 Å². The maximum Gasteiger partial charge on any atom is 0.0934 e. The second kappa shape index (κ2) is 5.52. The highest BCUT2D eigenvalue weighted by atomic mass is 35.5. The average Bonchev–Trinajstić information content (AvgIpc) is 2.76. The van der Waals surface area contributed by atoms with Crippen LogP contribution in [0.5, 0.6) is 0 Å². The molecule has 0 aliphatic heterocycles. The van der Waals surface area contributed by atoms with Crippen LogP contribution in [0.1, 0.15) is 56.0 Å². The van der Waals surface area contributed by atoms with Gasteiger partial charge in [0.25, 0.3) is 0 Å². The first-order valence-corrected chi connectivity index (χ1v) is 7.44. The number of hydrogen-bond acceptors (Lipinski definition) is 2. The lowest BCUT2D eigenvalue weighted by molar-refractivity contribution is 0.424. The van der Waals surface area contributed by atoms with Crippen LogP contribution in [0, 0.1) is 0 Å². The fourth-order valence-corrected chi connectivity index (χ4v) is 3.80. The fourth-order valence-electron chi connectivity index (χ4n) is 2.44. The van der Waals surface area contributed by atoms with Crippen LogP contribution in [-0.4, -0.2) is 6.04 Å². The molecule has 1 nitrogen and oxygen atoms in total. The Hall–Kier alpha value is -0.0500. The van der Waals surface area contributed by atoms with E-state index in [-0.39, 0.29) is 0 Å². The molecule has 0 bridgehead atoms. The summed E-state index contributed by atoms with van der Waals surface area (Å²) in [5.74, 6) is 0. The zero-order valence-corrected chi connectivity index (χ0v) is 11.6. The van der Waals surface area contributed by atoms with E-state index in [9.17, 15) is 0 Å². The highest BCUT2D eigenvalue weighted by Crippen LogP contribution is 2.39. The van der Waals surface area contributed by atoms with E-state index >= 15 is 0 Å². The molecule has 0 amide bonds. The molecule has 3 heteroatoms. The number of hydrogen-bond donors (Lipinski definition) is 1. The Morgan fingerprint density at radius 2 is 2.44 bits per heavy atom. The Bertz CT molecular complexity index is 348. The van der Waals surface area contributed by atoms with Crippen molar-refractivity contribution in [3.05, 3.63) is 20.8 Å². The third-order valence-electron chi connectivity index (χ3n) is 3.32. The maximum atomic E-state index is 6.05. The SMILES string of the molecule is CCCCC(C)NC1CCc2sc(Cl)cc21. The number of halogens is 1. The summed E-state index contributed by atoms with van der Waals surface area (Å²) in [7, 11) is 0. The monoisotopic (exact) mass is 257 g/mol. The van der Waals surface area contributed by atoms with Crippen LogP contribution >= 0.6 is 22.9 Å². The first-order chi connectivity index (χ1) is 7.70.